The first-order valence-corrected chi connectivity index (χ1v) is 35.6. The van der Waals surface area contributed by atoms with Crippen LogP contribution in [0, 0.1) is 0 Å². The molecule has 0 amide bonds. The molecule has 10 aromatic rings. The fourth-order valence-electron chi connectivity index (χ4n) is 11.1. The summed E-state index contributed by atoms with van der Waals surface area (Å²) in [6.07, 6.45) is 19.4. The Balaban J connectivity index is 0.000000253. The summed E-state index contributed by atoms with van der Waals surface area (Å²) in [6, 6.07) is 88.0. The Kier molecular flexibility index (Phi) is 33.4. The Labute approximate surface area is 590 Å². The van der Waals surface area contributed by atoms with Crippen LogP contribution in [0.1, 0.15) is 132 Å². The van der Waals surface area contributed by atoms with E-state index < -0.39 is 7.15 Å². The molecule has 0 atom stereocenters. The van der Waals surface area contributed by atoms with Crippen molar-refractivity contribution >= 4 is 70.5 Å². The topological polar surface area (TPSA) is 55.8 Å². The molecule has 0 aliphatic heterocycles. The van der Waals surface area contributed by atoms with Crippen molar-refractivity contribution in [1.29, 1.82) is 0 Å². The van der Waals surface area contributed by atoms with Crippen molar-refractivity contribution in [2.75, 3.05) is 43.4 Å². The molecule has 0 aromatic heterocycles. The fourth-order valence-corrected chi connectivity index (χ4v) is 11.4. The number of unbranched alkanes of at least 4 members (excludes halogenated alkanes) is 12. The minimum absolute atomic E-state index is 0.779. The number of ether oxygens (including phenoxy) is 4. The van der Waals surface area contributed by atoms with Crippen molar-refractivity contribution in [1.82, 2.24) is 0 Å². The summed E-state index contributed by atoms with van der Waals surface area (Å²) in [4.78, 5) is 4.60. The van der Waals surface area contributed by atoms with Crippen molar-refractivity contribution in [3.8, 4) is 67.5 Å². The van der Waals surface area contributed by atoms with E-state index in [4.69, 9.17) is 20.3 Å². The van der Waals surface area contributed by atoms with Crippen LogP contribution in [0.3, 0.4) is 0 Å². The second kappa shape index (κ2) is 43.6. The van der Waals surface area contributed by atoms with Gasteiger partial charge in [0.05, 0.1) is 35.0 Å². The molecule has 10 aromatic carbocycles. The molecule has 0 N–H and O–H groups in total. The molecular weight excluding hydrogens is 1270 g/mol. The average molecular weight is 1370 g/mol. The zero-order valence-corrected chi connectivity index (χ0v) is 59.3. The Morgan fingerprint density at radius 1 is 0.323 bits per heavy atom. The first-order chi connectivity index (χ1) is 47.7. The molecule has 0 unspecified atom stereocenters. The summed E-state index contributed by atoms with van der Waals surface area (Å²) >= 11 is 6.79. The van der Waals surface area contributed by atoms with Gasteiger partial charge in [-0.3, -0.25) is 4.39 Å². The number of halogens is 2. The predicted octanol–water partition coefficient (Wildman–Crippen LogP) is 26.3. The van der Waals surface area contributed by atoms with Crippen LogP contribution in [0.25, 0.3) is 44.5 Å². The number of nitrogens with zero attached hydrogens (tertiary/aromatic N) is 3. The van der Waals surface area contributed by atoms with Crippen LogP contribution in [0.2, 0.25) is 0 Å². The van der Waals surface area contributed by atoms with Gasteiger partial charge >= 0.3 is 24.8 Å². The van der Waals surface area contributed by atoms with E-state index in [0.717, 1.165) is 114 Å². The Morgan fingerprint density at radius 3 is 0.719 bits per heavy atom. The standard InChI is InChI=1S/C42H46BrNO2.C42H47NO2.CH3F.BHNS/c1-3-5-7-9-31-45-41-27-15-35(16-28-41)33-11-21-38(22-12-33)44(40-25-19-37(43)20-26-40)39-23-13-34(14-24-39)36-17-29-42(30-18-36)46-32-10-8-6-4-2;1-3-5-7-12-32-44-41-28-20-36(21-29-41)34-16-24-39(25-17-34)43(38-14-10-9-11-15-38)40-26-18-35(19-27-40)37-22-30-42(31-23-37)45-33-13-8-6-4-2;1-2;1-2-3/h11-30H,3-10,31-32H2,1-2H3;9-11,14-31H,3-8,12-13,32-33H2,1-2H3;1H3;3H/i;;1D;. The van der Waals surface area contributed by atoms with E-state index in [0.29, 0.717) is 0 Å². The molecule has 11 heteroatoms. The van der Waals surface area contributed by atoms with E-state index in [1.807, 2.05) is 0 Å². The van der Waals surface area contributed by atoms with Crippen LogP contribution in [0.5, 0.6) is 23.0 Å². The summed E-state index contributed by atoms with van der Waals surface area (Å²) in [7, 11) is 3.34. The van der Waals surface area contributed by atoms with Gasteiger partial charge in [-0.25, -0.2) is 0 Å². The van der Waals surface area contributed by atoms with Crippen LogP contribution >= 0.6 is 28.7 Å². The van der Waals surface area contributed by atoms with E-state index in [1.165, 1.54) is 122 Å². The van der Waals surface area contributed by atoms with Gasteiger partial charge in [0.15, 0.2) is 0 Å². The van der Waals surface area contributed by atoms with E-state index >= 15 is 0 Å². The maximum absolute atomic E-state index is 9.96. The number of hydrogen-bond acceptors (Lipinski definition) is 8. The summed E-state index contributed by atoms with van der Waals surface area (Å²) in [5.41, 5.74) is 16.1. The molecule has 0 bridgehead atoms. The molecular formula is C85H97BBrFN3O4S. The molecule has 0 saturated heterocycles. The molecule has 0 aliphatic rings. The van der Waals surface area contributed by atoms with Crippen LogP contribution in [-0.2, 0) is 0 Å². The molecule has 96 heavy (non-hydrogen) atoms. The van der Waals surface area contributed by atoms with Crippen molar-refractivity contribution < 1.29 is 24.7 Å². The van der Waals surface area contributed by atoms with E-state index in [9.17, 15) is 4.39 Å². The summed E-state index contributed by atoms with van der Waals surface area (Å²) in [5.74, 6) is 3.74. The van der Waals surface area contributed by atoms with Gasteiger partial charge in [0.1, 0.15) is 23.0 Å². The molecule has 499 valence electrons. The van der Waals surface area contributed by atoms with E-state index in [-0.39, 0.29) is 0 Å². The Hall–Kier alpha value is -8.38. The van der Waals surface area contributed by atoms with Gasteiger partial charge in [-0.2, -0.15) is 0 Å². The van der Waals surface area contributed by atoms with Crippen molar-refractivity contribution in [2.24, 2.45) is 4.30 Å². The van der Waals surface area contributed by atoms with Gasteiger partial charge in [-0.15, -0.1) is 0 Å². The monoisotopic (exact) mass is 1370 g/mol. The van der Waals surface area contributed by atoms with Crippen molar-refractivity contribution in [3.63, 3.8) is 0 Å². The Bertz CT molecular complexity index is 3500. The number of thiol groups is 1. The van der Waals surface area contributed by atoms with Gasteiger partial charge in [0.2, 0.25) is 0 Å². The molecule has 1 radical (unpaired) electrons. The van der Waals surface area contributed by atoms with Gasteiger partial charge in [-0.05, 0) is 204 Å². The molecule has 0 heterocycles. The van der Waals surface area contributed by atoms with Crippen molar-refractivity contribution in [3.05, 3.63) is 253 Å². The fraction of sp³-hybridized carbons (Fsp3) is 0.294. The third-order valence-electron chi connectivity index (χ3n) is 16.4. The first kappa shape index (κ1) is 73.4. The molecule has 10 rings (SSSR count). The zero-order valence-electron chi connectivity index (χ0n) is 57.8. The van der Waals surface area contributed by atoms with E-state index in [2.05, 4.69) is 327 Å². The molecule has 7 nitrogen and oxygen atoms in total. The Morgan fingerprint density at radius 2 is 0.510 bits per heavy atom. The predicted molar refractivity (Wildman–Crippen MR) is 414 cm³/mol. The van der Waals surface area contributed by atoms with Gasteiger partial charge in [0, 0.05) is 38.6 Å². The number of anilines is 6. The van der Waals surface area contributed by atoms with Gasteiger partial charge in [-0.1, -0.05) is 236 Å². The minimum atomic E-state index is -1.00. The van der Waals surface area contributed by atoms with Crippen LogP contribution in [0.15, 0.2) is 257 Å². The van der Waals surface area contributed by atoms with Gasteiger partial charge < -0.3 is 28.7 Å². The van der Waals surface area contributed by atoms with Gasteiger partial charge in [0.25, 0.3) is 0 Å². The number of benzene rings is 10. The second-order valence-corrected chi connectivity index (χ2v) is 24.7. The number of hydrogen-bond donors (Lipinski definition) is 1. The third kappa shape index (κ3) is 24.7. The van der Waals surface area contributed by atoms with Crippen LogP contribution in [0.4, 0.5) is 38.5 Å². The average Bonchev–Trinajstić information content (AvgIpc) is 0.831. The second-order valence-electron chi connectivity index (χ2n) is 23.5. The summed E-state index contributed by atoms with van der Waals surface area (Å²) < 4.78 is 43.0. The van der Waals surface area contributed by atoms with Crippen molar-refractivity contribution in [2.45, 2.75) is 130 Å². The summed E-state index contributed by atoms with van der Waals surface area (Å²) in [5, 5.41) is 0. The zero-order chi connectivity index (χ0) is 68.5. The van der Waals surface area contributed by atoms with E-state index in [1.54, 1.807) is 0 Å². The first-order valence-electron chi connectivity index (χ1n) is 35.1. The number of rotatable bonds is 34. The molecule has 0 spiro atoms. The third-order valence-corrected chi connectivity index (χ3v) is 16.9. The number of alkyl halides is 1. The maximum atomic E-state index is 9.96. The summed E-state index contributed by atoms with van der Waals surface area (Å²) in [6.45, 7) is 12.1. The molecule has 0 fully saturated rings. The number of para-hydroxylation sites is 1. The quantitative estimate of drug-likeness (QED) is 0.0246. The van der Waals surface area contributed by atoms with Crippen LogP contribution < -0.4 is 28.7 Å². The molecule has 0 saturated carbocycles. The normalized spacial score (nSPS) is 10.7. The molecule has 0 aliphatic carbocycles. The van der Waals surface area contributed by atoms with Crippen LogP contribution in [-0.4, -0.2) is 41.2 Å². The SMILES string of the molecule is CCCCCCOc1ccc(-c2ccc(N(c3ccc(Br)cc3)c3ccc(-c4ccc(OCCCCCC)cc4)cc3)cc2)cc1.CCCCCCOc1ccc(-c2ccc(N(c3ccccc3)c3ccc(-c4ccc(OCCCCCC)cc4)cc3)cc2)cc1.[2H]CF.[B]=NS.